The summed E-state index contributed by atoms with van der Waals surface area (Å²) in [7, 11) is 0. The Kier molecular flexibility index (Phi) is 6.93. The second-order valence-electron chi connectivity index (χ2n) is 6.04. The van der Waals surface area contributed by atoms with E-state index in [9.17, 15) is 4.79 Å². The lowest BCUT2D eigenvalue weighted by atomic mass is 10.2. The Labute approximate surface area is 152 Å². The monoisotopic (exact) mass is 360 g/mol. The van der Waals surface area contributed by atoms with Crippen LogP contribution in [0.1, 0.15) is 17.7 Å². The summed E-state index contributed by atoms with van der Waals surface area (Å²) in [6, 6.07) is 7.96. The highest BCUT2D eigenvalue weighted by molar-refractivity contribution is 7.07. The van der Waals surface area contributed by atoms with E-state index in [4.69, 9.17) is 4.74 Å². The maximum absolute atomic E-state index is 12.1. The molecule has 1 aliphatic rings. The van der Waals surface area contributed by atoms with Gasteiger partial charge < -0.3 is 15.4 Å². The van der Waals surface area contributed by atoms with Crippen molar-refractivity contribution in [1.29, 1.82) is 0 Å². The maximum Gasteiger partial charge on any atom is 0.225 e. The fraction of sp³-hybridized carbons (Fsp3) is 0.444. The molecule has 0 unspecified atom stereocenters. The predicted molar refractivity (Wildman–Crippen MR) is 99.6 cm³/mol. The van der Waals surface area contributed by atoms with E-state index in [0.717, 1.165) is 62.9 Å². The van der Waals surface area contributed by atoms with Gasteiger partial charge in [-0.1, -0.05) is 12.1 Å². The van der Waals surface area contributed by atoms with Crippen molar-refractivity contribution in [2.24, 2.45) is 0 Å². The Bertz CT molecular complexity index is 657. The van der Waals surface area contributed by atoms with Crippen molar-refractivity contribution in [2.45, 2.75) is 19.5 Å². The van der Waals surface area contributed by atoms with Crippen molar-refractivity contribution in [3.05, 3.63) is 46.4 Å². The minimum atomic E-state index is 0.0547. The Morgan fingerprint density at radius 1 is 1.28 bits per heavy atom. The van der Waals surface area contributed by atoms with Gasteiger partial charge in [0, 0.05) is 50.2 Å². The van der Waals surface area contributed by atoms with Crippen LogP contribution in [0.2, 0.25) is 0 Å². The number of ether oxygens (including phenoxy) is 1. The van der Waals surface area contributed by atoms with E-state index >= 15 is 0 Å². The lowest BCUT2D eigenvalue weighted by molar-refractivity contribution is -0.116. The van der Waals surface area contributed by atoms with Crippen LogP contribution in [0.15, 0.2) is 35.2 Å². The van der Waals surface area contributed by atoms with E-state index in [-0.39, 0.29) is 5.91 Å². The van der Waals surface area contributed by atoms with E-state index in [2.05, 4.69) is 26.6 Å². The molecule has 2 N–H and O–H groups in total. The van der Waals surface area contributed by atoms with Gasteiger partial charge in [0.05, 0.1) is 24.4 Å². The molecule has 1 aliphatic heterocycles. The molecule has 1 fully saturated rings. The van der Waals surface area contributed by atoms with Crippen LogP contribution >= 0.6 is 11.3 Å². The van der Waals surface area contributed by atoms with Crippen molar-refractivity contribution in [2.75, 3.05) is 38.2 Å². The van der Waals surface area contributed by atoms with Crippen LogP contribution < -0.4 is 10.6 Å². The third-order valence-electron chi connectivity index (χ3n) is 4.09. The number of aromatic nitrogens is 1. The molecule has 3 rings (SSSR count). The number of thiazole rings is 1. The van der Waals surface area contributed by atoms with Gasteiger partial charge in [-0.2, -0.15) is 0 Å². The summed E-state index contributed by atoms with van der Waals surface area (Å²) in [4.78, 5) is 18.7. The molecule has 2 aromatic rings. The molecule has 6 nitrogen and oxygen atoms in total. The molecule has 0 spiro atoms. The summed E-state index contributed by atoms with van der Waals surface area (Å²) in [5.74, 6) is 0.0547. The number of benzene rings is 1. The van der Waals surface area contributed by atoms with Gasteiger partial charge in [-0.25, -0.2) is 4.98 Å². The van der Waals surface area contributed by atoms with Crippen LogP contribution in [0.25, 0.3) is 0 Å². The summed E-state index contributed by atoms with van der Waals surface area (Å²) in [6.07, 6.45) is 0.506. The third-order valence-corrected chi connectivity index (χ3v) is 4.72. The first kappa shape index (κ1) is 18.0. The Morgan fingerprint density at radius 2 is 2.16 bits per heavy atom. The quantitative estimate of drug-likeness (QED) is 0.755. The number of amides is 1. The largest absolute Gasteiger partial charge is 0.379 e. The molecule has 0 saturated carbocycles. The summed E-state index contributed by atoms with van der Waals surface area (Å²) >= 11 is 1.60. The van der Waals surface area contributed by atoms with Crippen LogP contribution in [-0.4, -0.2) is 48.6 Å². The Morgan fingerprint density at radius 3 is 2.96 bits per heavy atom. The zero-order valence-corrected chi connectivity index (χ0v) is 15.1. The first-order valence-electron chi connectivity index (χ1n) is 8.56. The first-order chi connectivity index (χ1) is 12.3. The molecule has 1 aromatic carbocycles. The molecule has 134 valence electrons. The van der Waals surface area contributed by atoms with Crippen LogP contribution in [0, 0.1) is 0 Å². The number of carbonyl (C=O) groups excluding carboxylic acids is 1. The smallest absolute Gasteiger partial charge is 0.225 e. The average Bonchev–Trinajstić information content (AvgIpc) is 3.15. The standard InChI is InChI=1S/C18H24N4O2S/c23-18(4-5-22-6-8-24-9-7-22)21-16-3-1-2-15(10-16)11-19-12-17-13-25-14-20-17/h1-3,10,13-14,19H,4-9,11-12H2,(H,21,23). The number of hydrogen-bond acceptors (Lipinski definition) is 6. The van der Waals surface area contributed by atoms with Gasteiger partial charge in [0.15, 0.2) is 0 Å². The molecule has 1 saturated heterocycles. The molecule has 0 aliphatic carbocycles. The first-order valence-corrected chi connectivity index (χ1v) is 9.50. The highest BCUT2D eigenvalue weighted by Gasteiger charge is 2.12. The molecule has 1 aromatic heterocycles. The predicted octanol–water partition coefficient (Wildman–Crippen LogP) is 2.09. The summed E-state index contributed by atoms with van der Waals surface area (Å²) in [6.45, 7) is 5.62. The van der Waals surface area contributed by atoms with E-state index in [0.29, 0.717) is 6.42 Å². The number of morpholine rings is 1. The molecular formula is C18H24N4O2S. The summed E-state index contributed by atoms with van der Waals surface area (Å²) in [5, 5.41) is 8.40. The van der Waals surface area contributed by atoms with Gasteiger partial charge in [-0.05, 0) is 17.7 Å². The number of anilines is 1. The minimum Gasteiger partial charge on any atom is -0.379 e. The number of carbonyl (C=O) groups is 1. The van der Waals surface area contributed by atoms with Gasteiger partial charge in [-0.3, -0.25) is 9.69 Å². The van der Waals surface area contributed by atoms with Crippen molar-refractivity contribution in [3.8, 4) is 0 Å². The lowest BCUT2D eigenvalue weighted by Gasteiger charge is -2.26. The Hall–Kier alpha value is -1.80. The third kappa shape index (κ3) is 6.21. The Balaban J connectivity index is 1.41. The van der Waals surface area contributed by atoms with Crippen molar-refractivity contribution in [1.82, 2.24) is 15.2 Å². The zero-order chi connectivity index (χ0) is 17.3. The summed E-state index contributed by atoms with van der Waals surface area (Å²) < 4.78 is 5.32. The van der Waals surface area contributed by atoms with Gasteiger partial charge >= 0.3 is 0 Å². The number of rotatable bonds is 8. The van der Waals surface area contributed by atoms with Gasteiger partial charge in [-0.15, -0.1) is 11.3 Å². The van der Waals surface area contributed by atoms with E-state index in [1.54, 1.807) is 11.3 Å². The van der Waals surface area contributed by atoms with Gasteiger partial charge in [0.1, 0.15) is 0 Å². The average molecular weight is 360 g/mol. The molecule has 2 heterocycles. The molecule has 25 heavy (non-hydrogen) atoms. The number of hydrogen-bond donors (Lipinski definition) is 2. The molecular weight excluding hydrogens is 336 g/mol. The normalized spacial score (nSPS) is 15.2. The second kappa shape index (κ2) is 9.62. The molecule has 0 radical (unpaired) electrons. The van der Waals surface area contributed by atoms with Crippen molar-refractivity contribution < 1.29 is 9.53 Å². The topological polar surface area (TPSA) is 66.5 Å². The van der Waals surface area contributed by atoms with Crippen molar-refractivity contribution in [3.63, 3.8) is 0 Å². The van der Waals surface area contributed by atoms with Gasteiger partial charge in [0.2, 0.25) is 5.91 Å². The number of nitrogens with zero attached hydrogens (tertiary/aromatic N) is 2. The zero-order valence-electron chi connectivity index (χ0n) is 14.2. The maximum atomic E-state index is 12.1. The van der Waals surface area contributed by atoms with Crippen LogP contribution in [0.3, 0.4) is 0 Å². The summed E-state index contributed by atoms with van der Waals surface area (Å²) in [5.41, 5.74) is 4.88. The second-order valence-corrected chi connectivity index (χ2v) is 6.75. The molecule has 0 atom stereocenters. The van der Waals surface area contributed by atoms with Crippen molar-refractivity contribution >= 4 is 22.9 Å². The SMILES string of the molecule is O=C(CCN1CCOCC1)Nc1cccc(CNCc2cscn2)c1. The highest BCUT2D eigenvalue weighted by Crippen LogP contribution is 2.11. The molecule has 0 bridgehead atoms. The fourth-order valence-electron chi connectivity index (χ4n) is 2.73. The lowest BCUT2D eigenvalue weighted by Crippen LogP contribution is -2.38. The van der Waals surface area contributed by atoms with E-state index in [1.807, 2.05) is 29.1 Å². The van der Waals surface area contributed by atoms with Crippen LogP contribution in [0.4, 0.5) is 5.69 Å². The van der Waals surface area contributed by atoms with Crippen LogP contribution in [0.5, 0.6) is 0 Å². The highest BCUT2D eigenvalue weighted by atomic mass is 32.1. The van der Waals surface area contributed by atoms with E-state index in [1.165, 1.54) is 0 Å². The van der Waals surface area contributed by atoms with E-state index < -0.39 is 0 Å². The van der Waals surface area contributed by atoms with Crippen LogP contribution in [-0.2, 0) is 22.6 Å². The number of nitrogens with one attached hydrogen (secondary N) is 2. The molecule has 7 heteroatoms. The minimum absolute atomic E-state index is 0.0547. The molecule has 1 amide bonds. The van der Waals surface area contributed by atoms with Gasteiger partial charge in [0.25, 0.3) is 0 Å². The fourth-order valence-corrected chi connectivity index (χ4v) is 3.29.